The molecule has 9 heteroatoms. The van der Waals surface area contributed by atoms with E-state index in [1.54, 1.807) is 29.0 Å². The third-order valence-electron chi connectivity index (χ3n) is 4.50. The van der Waals surface area contributed by atoms with Crippen LogP contribution in [0.2, 0.25) is 0 Å². The van der Waals surface area contributed by atoms with Crippen LogP contribution in [0.4, 0.5) is 24.5 Å². The van der Waals surface area contributed by atoms with Crippen molar-refractivity contribution in [1.29, 1.82) is 0 Å². The number of carbonyl (C=O) groups excluding carboxylic acids is 1. The third-order valence-corrected chi connectivity index (χ3v) is 4.50. The van der Waals surface area contributed by atoms with Crippen LogP contribution in [0.15, 0.2) is 35.6 Å². The average Bonchev–Trinajstić information content (AvgIpc) is 3.11. The minimum atomic E-state index is -4.57. The van der Waals surface area contributed by atoms with Gasteiger partial charge in [-0.05, 0) is 18.2 Å². The van der Waals surface area contributed by atoms with Crippen LogP contribution in [0, 0.1) is 0 Å². The van der Waals surface area contributed by atoms with E-state index in [1.807, 2.05) is 0 Å². The molecule has 1 aromatic carbocycles. The minimum Gasteiger partial charge on any atom is -0.374 e. The zero-order chi connectivity index (χ0) is 18.0. The molecule has 1 atom stereocenters. The number of Topliss-reactive ketones (excluding diaryl/α,β-unsaturated/α-hetero) is 1. The minimum absolute atomic E-state index is 0.0508. The van der Waals surface area contributed by atoms with Crippen LogP contribution in [0.3, 0.4) is 0 Å². The molecule has 6 nitrogen and oxygen atoms in total. The van der Waals surface area contributed by atoms with E-state index in [9.17, 15) is 23.1 Å². The van der Waals surface area contributed by atoms with Crippen molar-refractivity contribution in [1.82, 2.24) is 9.78 Å². The Labute approximate surface area is 140 Å². The highest BCUT2D eigenvalue weighted by atomic mass is 19.4. The van der Waals surface area contributed by atoms with E-state index in [4.69, 9.17) is 0 Å². The zero-order valence-corrected chi connectivity index (χ0v) is 13.1. The van der Waals surface area contributed by atoms with Crippen molar-refractivity contribution >= 4 is 23.0 Å². The Balaban J connectivity index is 1.84. The summed E-state index contributed by atoms with van der Waals surface area (Å²) in [7, 11) is 1.73. The highest BCUT2D eigenvalue weighted by molar-refractivity contribution is 6.28. The molecular formula is C16H13F3N4O2. The number of nitrogens with zero attached hydrogens (tertiary/aromatic N) is 4. The molecule has 4 rings (SSSR count). The highest BCUT2D eigenvalue weighted by Crippen LogP contribution is 2.41. The number of amidine groups is 1. The Bertz CT molecular complexity index is 918. The highest BCUT2D eigenvalue weighted by Gasteiger charge is 2.53. The Kier molecular flexibility index (Phi) is 3.11. The second-order valence-electron chi connectivity index (χ2n) is 6.13. The monoisotopic (exact) mass is 350 g/mol. The molecule has 0 amide bonds. The Morgan fingerprint density at radius 2 is 2.08 bits per heavy atom. The van der Waals surface area contributed by atoms with Gasteiger partial charge in [0.1, 0.15) is 5.84 Å². The van der Waals surface area contributed by atoms with Gasteiger partial charge in [-0.15, -0.1) is 0 Å². The summed E-state index contributed by atoms with van der Waals surface area (Å²) >= 11 is 0. The van der Waals surface area contributed by atoms with Gasteiger partial charge in [0.05, 0.1) is 23.1 Å². The Morgan fingerprint density at radius 1 is 1.32 bits per heavy atom. The molecule has 3 heterocycles. The molecule has 1 N–H and O–H groups in total. The maximum absolute atomic E-state index is 12.9. The molecule has 2 aliphatic rings. The summed E-state index contributed by atoms with van der Waals surface area (Å²) in [5.74, 6) is -0.636. The molecule has 130 valence electrons. The van der Waals surface area contributed by atoms with E-state index in [1.165, 1.54) is 0 Å². The van der Waals surface area contributed by atoms with Gasteiger partial charge in [0.2, 0.25) is 5.78 Å². The second kappa shape index (κ2) is 4.92. The number of halogens is 3. The van der Waals surface area contributed by atoms with Gasteiger partial charge in [-0.25, -0.2) is 4.99 Å². The lowest BCUT2D eigenvalue weighted by atomic mass is 9.87. The summed E-state index contributed by atoms with van der Waals surface area (Å²) < 4.78 is 40.3. The largest absolute Gasteiger partial charge is 0.416 e. The number of rotatable bonds is 1. The number of alkyl halides is 3. The van der Waals surface area contributed by atoms with E-state index < -0.39 is 23.1 Å². The first-order chi connectivity index (χ1) is 11.7. The zero-order valence-electron chi connectivity index (χ0n) is 13.1. The van der Waals surface area contributed by atoms with E-state index in [0.29, 0.717) is 12.2 Å². The van der Waals surface area contributed by atoms with E-state index >= 15 is 0 Å². The first-order valence-electron chi connectivity index (χ1n) is 7.54. The molecule has 2 aliphatic heterocycles. The number of aliphatic hydroxyl groups is 1. The summed E-state index contributed by atoms with van der Waals surface area (Å²) in [4.78, 5) is 18.7. The second-order valence-corrected chi connectivity index (χ2v) is 6.13. The topological polar surface area (TPSA) is 70.7 Å². The van der Waals surface area contributed by atoms with Crippen LogP contribution in [0.25, 0.3) is 0 Å². The van der Waals surface area contributed by atoms with Crippen molar-refractivity contribution in [2.45, 2.75) is 18.2 Å². The molecule has 1 saturated heterocycles. The standard InChI is InChI=1S/C16H13F3N4O2/c1-22-8-10(7-20-22)23-5-4-15(25)13(24)11-6-9(16(17,18)19)2-3-12(11)21-14(15)23/h2-3,6-8,25H,4-5H2,1H3. The molecule has 0 bridgehead atoms. The van der Waals surface area contributed by atoms with E-state index in [0.717, 1.165) is 18.2 Å². The van der Waals surface area contributed by atoms with Gasteiger partial charge in [-0.2, -0.15) is 18.3 Å². The van der Waals surface area contributed by atoms with Crippen molar-refractivity contribution < 1.29 is 23.1 Å². The normalized spacial score (nSPS) is 22.7. The summed E-state index contributed by atoms with van der Waals surface area (Å²) in [5, 5.41) is 14.9. The van der Waals surface area contributed by atoms with Crippen LogP contribution in [0.1, 0.15) is 22.3 Å². The van der Waals surface area contributed by atoms with E-state index in [-0.39, 0.29) is 23.5 Å². The van der Waals surface area contributed by atoms with Crippen molar-refractivity contribution in [3.05, 3.63) is 41.7 Å². The molecule has 0 saturated carbocycles. The maximum Gasteiger partial charge on any atom is 0.416 e. The molecule has 0 radical (unpaired) electrons. The summed E-state index contributed by atoms with van der Waals surface area (Å²) in [6.07, 6.45) is -1.24. The first kappa shape index (κ1) is 15.8. The lowest BCUT2D eigenvalue weighted by Gasteiger charge is -2.29. The molecule has 0 aliphatic carbocycles. The van der Waals surface area contributed by atoms with Gasteiger partial charge in [-0.3, -0.25) is 9.48 Å². The van der Waals surface area contributed by atoms with Gasteiger partial charge in [0.15, 0.2) is 5.60 Å². The van der Waals surface area contributed by atoms with Gasteiger partial charge in [0.25, 0.3) is 0 Å². The summed E-state index contributed by atoms with van der Waals surface area (Å²) in [6, 6.07) is 2.79. The fraction of sp³-hybridized carbons (Fsp3) is 0.312. The van der Waals surface area contributed by atoms with E-state index in [2.05, 4.69) is 10.1 Å². The number of hydrogen-bond acceptors (Lipinski definition) is 5. The fourth-order valence-corrected chi connectivity index (χ4v) is 3.21. The smallest absolute Gasteiger partial charge is 0.374 e. The number of benzene rings is 1. The van der Waals surface area contributed by atoms with Gasteiger partial charge < -0.3 is 10.0 Å². The molecule has 2 aromatic rings. The number of fused-ring (bicyclic) bond motifs is 2. The molecular weight excluding hydrogens is 337 g/mol. The van der Waals surface area contributed by atoms with Crippen LogP contribution >= 0.6 is 0 Å². The van der Waals surface area contributed by atoms with Gasteiger partial charge >= 0.3 is 6.18 Å². The number of aryl methyl sites for hydroxylation is 1. The van der Waals surface area contributed by atoms with Crippen molar-refractivity contribution in [3.8, 4) is 0 Å². The predicted molar refractivity (Wildman–Crippen MR) is 83.0 cm³/mol. The summed E-state index contributed by atoms with van der Waals surface area (Å²) in [5.41, 5.74) is -2.31. The Hall–Kier alpha value is -2.68. The predicted octanol–water partition coefficient (Wildman–Crippen LogP) is 2.31. The molecule has 25 heavy (non-hydrogen) atoms. The Morgan fingerprint density at radius 3 is 2.72 bits per heavy atom. The van der Waals surface area contributed by atoms with Crippen molar-refractivity contribution in [2.24, 2.45) is 12.0 Å². The number of aliphatic imine (C=N–C) groups is 1. The van der Waals surface area contributed by atoms with Gasteiger partial charge in [-0.1, -0.05) is 0 Å². The number of carbonyl (C=O) groups is 1. The number of aromatic nitrogens is 2. The van der Waals surface area contributed by atoms with Gasteiger partial charge in [0, 0.05) is 31.8 Å². The maximum atomic E-state index is 12.9. The number of anilines is 1. The third kappa shape index (κ3) is 2.26. The quantitative estimate of drug-likeness (QED) is 0.857. The van der Waals surface area contributed by atoms with Crippen molar-refractivity contribution in [3.63, 3.8) is 0 Å². The number of ketones is 1. The molecule has 1 fully saturated rings. The average molecular weight is 350 g/mol. The SMILES string of the molecule is Cn1cc(N2CCC3(O)C(=O)c4cc(C(F)(F)F)ccc4N=C23)cn1. The van der Waals surface area contributed by atoms with Crippen LogP contribution in [-0.2, 0) is 13.2 Å². The van der Waals surface area contributed by atoms with Crippen LogP contribution < -0.4 is 4.90 Å². The lowest BCUT2D eigenvalue weighted by Crippen LogP contribution is -2.48. The van der Waals surface area contributed by atoms with Crippen LogP contribution in [-0.4, -0.2) is 38.7 Å². The fourth-order valence-electron chi connectivity index (χ4n) is 3.21. The molecule has 0 spiro atoms. The first-order valence-corrected chi connectivity index (χ1v) is 7.54. The number of hydrogen-bond donors (Lipinski definition) is 1. The molecule has 1 unspecified atom stereocenters. The van der Waals surface area contributed by atoms with Crippen molar-refractivity contribution in [2.75, 3.05) is 11.4 Å². The van der Waals surface area contributed by atoms with Crippen LogP contribution in [0.5, 0.6) is 0 Å². The molecule has 1 aromatic heterocycles. The summed E-state index contributed by atoms with van der Waals surface area (Å²) in [6.45, 7) is 0.312. The lowest BCUT2D eigenvalue weighted by molar-refractivity contribution is -0.137.